The molecule has 0 spiro atoms. The average molecular weight is 534 g/mol. The molecule has 7 nitrogen and oxygen atoms in total. The number of aliphatic hydroxyl groups is 1. The van der Waals surface area contributed by atoms with Crippen LogP contribution in [0.1, 0.15) is 35.1 Å². The van der Waals surface area contributed by atoms with Gasteiger partial charge in [-0.1, -0.05) is 29.8 Å². The van der Waals surface area contributed by atoms with Crippen LogP contribution in [0.3, 0.4) is 0 Å². The molecule has 3 aromatic carbocycles. The fraction of sp³-hybridized carbons (Fsp3) is 0.269. The Hall–Kier alpha value is -3.22. The Morgan fingerprint density at radius 2 is 1.86 bits per heavy atom. The number of nitrogens with zero attached hydrogens (tertiary/aromatic N) is 3. The quantitative estimate of drug-likeness (QED) is 0.259. The van der Waals surface area contributed by atoms with Crippen molar-refractivity contribution in [3.63, 3.8) is 0 Å². The van der Waals surface area contributed by atoms with Gasteiger partial charge in [-0.05, 0) is 86.6 Å². The van der Waals surface area contributed by atoms with Gasteiger partial charge in [-0.2, -0.15) is 5.26 Å². The summed E-state index contributed by atoms with van der Waals surface area (Å²) in [6, 6.07) is 16.6. The van der Waals surface area contributed by atoms with E-state index in [9.17, 15) is 24.9 Å². The normalized spacial score (nSPS) is 12.4. The molecule has 36 heavy (non-hydrogen) atoms. The molecule has 0 amide bonds. The van der Waals surface area contributed by atoms with Crippen molar-refractivity contribution in [3.8, 4) is 11.8 Å². The molecule has 0 bridgehead atoms. The first-order chi connectivity index (χ1) is 16.6. The lowest BCUT2D eigenvalue weighted by Crippen LogP contribution is -2.30. The van der Waals surface area contributed by atoms with Gasteiger partial charge in [0.15, 0.2) is 5.75 Å². The second kappa shape index (κ2) is 12.7. The zero-order chi connectivity index (χ0) is 25.6. The van der Waals surface area contributed by atoms with E-state index >= 15 is 0 Å². The summed E-state index contributed by atoms with van der Waals surface area (Å²) in [5.41, 5.74) is -0.0324. The molecule has 0 heterocycles. The topological polar surface area (TPSA) is 99.6 Å². The lowest BCUT2D eigenvalue weighted by atomic mass is 9.80. The summed E-state index contributed by atoms with van der Waals surface area (Å²) in [5.74, 6) is -0.423. The van der Waals surface area contributed by atoms with Gasteiger partial charge in [-0.3, -0.25) is 10.1 Å². The molecule has 0 aliphatic heterocycles. The van der Waals surface area contributed by atoms with Gasteiger partial charge in [-0.25, -0.2) is 4.39 Å². The minimum Gasteiger partial charge on any atom is -0.482 e. The van der Waals surface area contributed by atoms with Crippen molar-refractivity contribution in [3.05, 3.63) is 104 Å². The average Bonchev–Trinajstić information content (AvgIpc) is 2.83. The van der Waals surface area contributed by atoms with Gasteiger partial charge >= 0.3 is 5.69 Å². The molecule has 3 aromatic rings. The fourth-order valence-electron chi connectivity index (χ4n) is 3.91. The fourth-order valence-corrected chi connectivity index (χ4v) is 4.07. The van der Waals surface area contributed by atoms with E-state index in [2.05, 4.69) is 6.07 Å². The number of halogens is 3. The molecular weight excluding hydrogens is 508 g/mol. The summed E-state index contributed by atoms with van der Waals surface area (Å²) in [7, 11) is 3.86. The van der Waals surface area contributed by atoms with Gasteiger partial charge in [0.05, 0.1) is 16.6 Å². The summed E-state index contributed by atoms with van der Waals surface area (Å²) in [4.78, 5) is 12.8. The summed E-state index contributed by atoms with van der Waals surface area (Å²) in [6.07, 6.45) is 0.945. The van der Waals surface area contributed by atoms with Crippen molar-refractivity contribution in [1.29, 1.82) is 5.26 Å². The number of nitro groups is 1. The van der Waals surface area contributed by atoms with Gasteiger partial charge < -0.3 is 14.7 Å². The smallest absolute Gasteiger partial charge is 0.312 e. The molecule has 1 atom stereocenters. The van der Waals surface area contributed by atoms with Crippen LogP contribution in [0.15, 0.2) is 60.7 Å². The highest BCUT2D eigenvalue weighted by Crippen LogP contribution is 2.38. The predicted molar refractivity (Wildman–Crippen MR) is 138 cm³/mol. The van der Waals surface area contributed by atoms with Crippen LogP contribution in [0.5, 0.6) is 5.75 Å². The lowest BCUT2D eigenvalue weighted by molar-refractivity contribution is -0.385. The molecule has 3 rings (SSSR count). The van der Waals surface area contributed by atoms with Crippen molar-refractivity contribution in [2.75, 3.05) is 20.6 Å². The Balaban J connectivity index is 0.00000456. The molecule has 0 saturated carbocycles. The number of nitro benzene ring substituents is 1. The molecular formula is C26H26Cl2FN3O4. The molecule has 0 radical (unpaired) electrons. The van der Waals surface area contributed by atoms with Gasteiger partial charge in [0.1, 0.15) is 18.0 Å². The standard InChI is InChI=1S/C26H25ClFN3O4.ClH/c1-30(2)13-3-12-26(32,20-5-8-22(28)9-6-20)23-10-4-18(16-29)14-19(23)17-35-25-11-7-21(27)15-24(25)31(33)34;/h4-11,14-15,32H,3,12-13,17H2,1-2H3;1H/t26-;/m0./s1. The van der Waals surface area contributed by atoms with E-state index in [4.69, 9.17) is 16.3 Å². The van der Waals surface area contributed by atoms with E-state index in [1.807, 2.05) is 19.0 Å². The first-order valence-electron chi connectivity index (χ1n) is 10.9. The highest BCUT2D eigenvalue weighted by atomic mass is 35.5. The van der Waals surface area contributed by atoms with E-state index in [0.29, 0.717) is 41.6 Å². The number of hydrogen-bond acceptors (Lipinski definition) is 6. The summed E-state index contributed by atoms with van der Waals surface area (Å²) in [5, 5.41) is 33.1. The second-order valence-corrected chi connectivity index (χ2v) is 8.85. The molecule has 190 valence electrons. The minimum absolute atomic E-state index is 0. The van der Waals surface area contributed by atoms with Crippen molar-refractivity contribution in [2.45, 2.75) is 25.0 Å². The van der Waals surface area contributed by atoms with Crippen molar-refractivity contribution in [1.82, 2.24) is 4.90 Å². The molecule has 1 N–H and O–H groups in total. The van der Waals surface area contributed by atoms with E-state index in [0.717, 1.165) is 0 Å². The molecule has 0 aromatic heterocycles. The van der Waals surface area contributed by atoms with Crippen LogP contribution in [-0.2, 0) is 12.2 Å². The highest BCUT2D eigenvalue weighted by molar-refractivity contribution is 6.30. The third-order valence-electron chi connectivity index (χ3n) is 5.65. The van der Waals surface area contributed by atoms with E-state index < -0.39 is 16.3 Å². The number of ether oxygens (including phenoxy) is 1. The van der Waals surface area contributed by atoms with Crippen LogP contribution >= 0.6 is 24.0 Å². The van der Waals surface area contributed by atoms with Crippen molar-refractivity contribution in [2.24, 2.45) is 0 Å². The molecule has 0 unspecified atom stereocenters. The van der Waals surface area contributed by atoms with Crippen LogP contribution in [0.25, 0.3) is 0 Å². The summed E-state index contributed by atoms with van der Waals surface area (Å²) < 4.78 is 19.4. The number of benzene rings is 3. The minimum atomic E-state index is -1.51. The highest BCUT2D eigenvalue weighted by Gasteiger charge is 2.34. The van der Waals surface area contributed by atoms with Gasteiger partial charge in [0, 0.05) is 11.1 Å². The molecule has 0 saturated heterocycles. The Morgan fingerprint density at radius 3 is 2.47 bits per heavy atom. The van der Waals surface area contributed by atoms with Gasteiger partial charge in [0.25, 0.3) is 0 Å². The van der Waals surface area contributed by atoms with Crippen molar-refractivity contribution < 1.29 is 19.2 Å². The Labute approximate surface area is 220 Å². The monoisotopic (exact) mass is 533 g/mol. The zero-order valence-corrected chi connectivity index (χ0v) is 21.4. The molecule has 0 fully saturated rings. The SMILES string of the molecule is CN(C)CCC[C@](O)(c1ccc(F)cc1)c1ccc(C#N)cc1COc1ccc(Cl)cc1[N+](=O)[O-].Cl. The summed E-state index contributed by atoms with van der Waals surface area (Å²) >= 11 is 5.89. The van der Waals surface area contributed by atoms with Crippen LogP contribution < -0.4 is 4.74 Å². The third-order valence-corrected chi connectivity index (χ3v) is 5.88. The molecule has 0 aliphatic carbocycles. The largest absolute Gasteiger partial charge is 0.482 e. The lowest BCUT2D eigenvalue weighted by Gasteiger charge is -2.32. The van der Waals surface area contributed by atoms with E-state index in [-0.39, 0.29) is 35.5 Å². The van der Waals surface area contributed by atoms with Crippen molar-refractivity contribution >= 4 is 29.7 Å². The zero-order valence-electron chi connectivity index (χ0n) is 19.8. The first-order valence-corrected chi connectivity index (χ1v) is 11.2. The van der Waals surface area contributed by atoms with Crippen LogP contribution in [0, 0.1) is 27.3 Å². The Bertz CT molecular complexity index is 1250. The maximum atomic E-state index is 13.6. The van der Waals surface area contributed by atoms with Crippen LogP contribution in [-0.4, -0.2) is 35.6 Å². The molecule has 0 aliphatic rings. The first kappa shape index (κ1) is 29.0. The van der Waals surface area contributed by atoms with Crippen LogP contribution in [0.2, 0.25) is 5.02 Å². The maximum Gasteiger partial charge on any atom is 0.312 e. The number of rotatable bonds is 10. The predicted octanol–water partition coefficient (Wildman–Crippen LogP) is 5.84. The Kier molecular flexibility index (Phi) is 10.2. The van der Waals surface area contributed by atoms with E-state index in [1.165, 1.54) is 42.5 Å². The number of nitriles is 1. The van der Waals surface area contributed by atoms with Crippen LogP contribution in [0.4, 0.5) is 10.1 Å². The number of hydrogen-bond donors (Lipinski definition) is 1. The van der Waals surface area contributed by atoms with E-state index in [1.54, 1.807) is 18.2 Å². The Morgan fingerprint density at radius 1 is 1.17 bits per heavy atom. The van der Waals surface area contributed by atoms with Gasteiger partial charge in [-0.15, -0.1) is 12.4 Å². The summed E-state index contributed by atoms with van der Waals surface area (Å²) in [6.45, 7) is 0.563. The van der Waals surface area contributed by atoms with Gasteiger partial charge in [0.2, 0.25) is 0 Å². The maximum absolute atomic E-state index is 13.6. The second-order valence-electron chi connectivity index (χ2n) is 8.42. The third kappa shape index (κ3) is 6.93. The molecule has 10 heteroatoms.